The van der Waals surface area contributed by atoms with E-state index >= 15 is 0 Å². The molecule has 0 bridgehead atoms. The molecule has 2 N–H and O–H groups in total. The Bertz CT molecular complexity index is 1250. The summed E-state index contributed by atoms with van der Waals surface area (Å²) in [4.78, 5) is 24.0. The van der Waals surface area contributed by atoms with Gasteiger partial charge < -0.3 is 19.9 Å². The number of nitrogens with one attached hydrogen (secondary N) is 1. The van der Waals surface area contributed by atoms with E-state index < -0.39 is 27.8 Å². The molecule has 0 aliphatic rings. The van der Waals surface area contributed by atoms with Gasteiger partial charge in [-0.1, -0.05) is 0 Å². The third kappa shape index (κ3) is 5.85. The lowest BCUT2D eigenvalue weighted by Crippen LogP contribution is -2.23. The molecule has 2 aromatic carbocycles. The highest BCUT2D eigenvalue weighted by Crippen LogP contribution is 2.29. The van der Waals surface area contributed by atoms with Crippen LogP contribution in [0.25, 0.3) is 0 Å². The number of sulfone groups is 1. The number of carbonyl (C=O) groups is 2. The molecule has 11 heteroatoms. The van der Waals surface area contributed by atoms with Crippen molar-refractivity contribution in [1.29, 1.82) is 0 Å². The van der Waals surface area contributed by atoms with Crippen LogP contribution in [0.2, 0.25) is 0 Å². The molecular formula is C21H21N3O7S. The van der Waals surface area contributed by atoms with E-state index in [4.69, 9.17) is 14.6 Å². The average molecular weight is 459 g/mol. The number of hydrogen-bond donors (Lipinski definition) is 2. The molecule has 0 radical (unpaired) electrons. The number of ether oxygens (including phenoxy) is 2. The minimum atomic E-state index is -3.36. The molecule has 10 nitrogen and oxygen atoms in total. The minimum Gasteiger partial charge on any atom is -0.479 e. The van der Waals surface area contributed by atoms with Gasteiger partial charge in [-0.25, -0.2) is 13.2 Å². The molecule has 1 unspecified atom stereocenters. The van der Waals surface area contributed by atoms with Crippen molar-refractivity contribution < 1.29 is 32.6 Å². The summed E-state index contributed by atoms with van der Waals surface area (Å²) < 4.78 is 35.9. The fraction of sp³-hybridized carbons (Fsp3) is 0.190. The standard InChI is InChI=1S/C21H21N3O7S/c1-13(21(26)27)30-16-10-14(20(25)22-19-8-9-24(2)23-19)11-17(12-16)31-15-4-6-18(7-5-15)32(3,28)29/h4-13H,1-3H3,(H,26,27)(H,22,23,25). The largest absolute Gasteiger partial charge is 0.479 e. The van der Waals surface area contributed by atoms with Crippen molar-refractivity contribution in [3.05, 3.63) is 60.3 Å². The molecule has 3 rings (SSSR count). The van der Waals surface area contributed by atoms with Gasteiger partial charge in [0.25, 0.3) is 5.91 Å². The first-order chi connectivity index (χ1) is 15.0. The lowest BCUT2D eigenvalue weighted by atomic mass is 10.2. The summed E-state index contributed by atoms with van der Waals surface area (Å²) in [6.45, 7) is 1.35. The van der Waals surface area contributed by atoms with Crippen molar-refractivity contribution in [2.45, 2.75) is 17.9 Å². The zero-order chi connectivity index (χ0) is 23.5. The number of rotatable bonds is 8. The Morgan fingerprint density at radius 2 is 1.72 bits per heavy atom. The van der Waals surface area contributed by atoms with Crippen LogP contribution in [0.3, 0.4) is 0 Å². The van der Waals surface area contributed by atoms with Gasteiger partial charge in [0.05, 0.1) is 4.90 Å². The van der Waals surface area contributed by atoms with Gasteiger partial charge in [0.2, 0.25) is 0 Å². The van der Waals surface area contributed by atoms with E-state index in [0.29, 0.717) is 11.6 Å². The van der Waals surface area contributed by atoms with E-state index in [0.717, 1.165) is 6.26 Å². The zero-order valence-electron chi connectivity index (χ0n) is 17.5. The van der Waals surface area contributed by atoms with Crippen LogP contribution in [0.1, 0.15) is 17.3 Å². The predicted octanol–water partition coefficient (Wildman–Crippen LogP) is 2.72. The smallest absolute Gasteiger partial charge is 0.344 e. The molecule has 168 valence electrons. The van der Waals surface area contributed by atoms with E-state index in [2.05, 4.69) is 10.4 Å². The number of carboxylic acid groups (broad SMARTS) is 1. The van der Waals surface area contributed by atoms with Gasteiger partial charge >= 0.3 is 5.97 Å². The van der Waals surface area contributed by atoms with Gasteiger partial charge in [-0.3, -0.25) is 9.48 Å². The number of carboxylic acids is 1. The number of aliphatic carboxylic acids is 1. The fourth-order valence-corrected chi connectivity index (χ4v) is 3.28. The molecule has 1 aromatic heterocycles. The minimum absolute atomic E-state index is 0.108. The topological polar surface area (TPSA) is 137 Å². The first kappa shape index (κ1) is 22.8. The van der Waals surface area contributed by atoms with E-state index in [1.807, 2.05) is 0 Å². The summed E-state index contributed by atoms with van der Waals surface area (Å²) in [6, 6.07) is 11.6. The quantitative estimate of drug-likeness (QED) is 0.525. The molecule has 0 fully saturated rings. The SMILES string of the molecule is CC(Oc1cc(Oc2ccc(S(C)(=O)=O)cc2)cc(C(=O)Nc2ccn(C)n2)c1)C(=O)O. The molecule has 0 saturated heterocycles. The number of amides is 1. The highest BCUT2D eigenvalue weighted by Gasteiger charge is 2.17. The molecule has 1 heterocycles. The Labute approximate surface area is 184 Å². The molecule has 1 atom stereocenters. The van der Waals surface area contributed by atoms with Gasteiger partial charge in [0, 0.05) is 37.2 Å². The molecule has 0 aliphatic heterocycles. The maximum Gasteiger partial charge on any atom is 0.344 e. The van der Waals surface area contributed by atoms with Crippen LogP contribution in [0, 0.1) is 0 Å². The Morgan fingerprint density at radius 1 is 1.06 bits per heavy atom. The summed E-state index contributed by atoms with van der Waals surface area (Å²) in [5.41, 5.74) is 0.147. The van der Waals surface area contributed by atoms with Crippen LogP contribution < -0.4 is 14.8 Å². The van der Waals surface area contributed by atoms with E-state index in [1.165, 1.54) is 54.1 Å². The lowest BCUT2D eigenvalue weighted by molar-refractivity contribution is -0.144. The first-order valence-electron chi connectivity index (χ1n) is 9.35. The van der Waals surface area contributed by atoms with Crippen molar-refractivity contribution >= 4 is 27.5 Å². The molecule has 0 saturated carbocycles. The molecule has 1 amide bonds. The highest BCUT2D eigenvalue weighted by molar-refractivity contribution is 7.90. The van der Waals surface area contributed by atoms with Gasteiger partial charge in [-0.15, -0.1) is 0 Å². The molecule has 3 aromatic rings. The monoisotopic (exact) mass is 459 g/mol. The molecule has 0 spiro atoms. The summed E-state index contributed by atoms with van der Waals surface area (Å²) in [6.07, 6.45) is 1.60. The summed E-state index contributed by atoms with van der Waals surface area (Å²) in [7, 11) is -1.65. The number of aromatic nitrogens is 2. The summed E-state index contributed by atoms with van der Waals surface area (Å²) in [5.74, 6) is -0.727. The van der Waals surface area contributed by atoms with Gasteiger partial charge in [-0.05, 0) is 43.3 Å². The first-order valence-corrected chi connectivity index (χ1v) is 11.2. The number of carbonyl (C=O) groups excluding carboxylic acids is 1. The number of hydrogen-bond acceptors (Lipinski definition) is 7. The van der Waals surface area contributed by atoms with Crippen molar-refractivity contribution in [2.24, 2.45) is 7.05 Å². The predicted molar refractivity (Wildman–Crippen MR) is 115 cm³/mol. The Kier molecular flexibility index (Phi) is 6.49. The van der Waals surface area contributed by atoms with Gasteiger partial charge in [0.15, 0.2) is 21.8 Å². The Morgan fingerprint density at radius 3 is 2.28 bits per heavy atom. The van der Waals surface area contributed by atoms with Crippen LogP contribution in [0.15, 0.2) is 59.6 Å². The van der Waals surface area contributed by atoms with E-state index in [-0.39, 0.29) is 22.0 Å². The second kappa shape index (κ2) is 9.10. The van der Waals surface area contributed by atoms with Gasteiger partial charge in [0.1, 0.15) is 17.2 Å². The van der Waals surface area contributed by atoms with Crippen molar-refractivity contribution in [3.63, 3.8) is 0 Å². The third-order valence-electron chi connectivity index (χ3n) is 4.25. The van der Waals surface area contributed by atoms with Crippen LogP contribution in [-0.2, 0) is 21.7 Å². The van der Waals surface area contributed by atoms with Crippen molar-refractivity contribution in [1.82, 2.24) is 9.78 Å². The number of anilines is 1. The maximum absolute atomic E-state index is 12.7. The van der Waals surface area contributed by atoms with Crippen LogP contribution in [0.4, 0.5) is 5.82 Å². The van der Waals surface area contributed by atoms with Crippen molar-refractivity contribution in [3.8, 4) is 17.2 Å². The van der Waals surface area contributed by atoms with Crippen LogP contribution in [-0.4, -0.2) is 47.5 Å². The second-order valence-electron chi connectivity index (χ2n) is 6.97. The third-order valence-corrected chi connectivity index (χ3v) is 5.37. The normalized spacial score (nSPS) is 12.1. The average Bonchev–Trinajstić information content (AvgIpc) is 3.12. The Hall–Kier alpha value is -3.86. The lowest BCUT2D eigenvalue weighted by Gasteiger charge is -2.14. The molecule has 32 heavy (non-hydrogen) atoms. The summed E-state index contributed by atoms with van der Waals surface area (Å²) >= 11 is 0. The second-order valence-corrected chi connectivity index (χ2v) is 8.98. The van der Waals surface area contributed by atoms with E-state index in [9.17, 15) is 18.0 Å². The number of aryl methyl sites for hydroxylation is 1. The number of benzene rings is 2. The fourth-order valence-electron chi connectivity index (χ4n) is 2.65. The van der Waals surface area contributed by atoms with E-state index in [1.54, 1.807) is 19.3 Å². The maximum atomic E-state index is 12.7. The summed E-state index contributed by atoms with van der Waals surface area (Å²) in [5, 5.41) is 15.8. The zero-order valence-corrected chi connectivity index (χ0v) is 18.3. The molecular weight excluding hydrogens is 438 g/mol. The van der Waals surface area contributed by atoms with Crippen molar-refractivity contribution in [2.75, 3.05) is 11.6 Å². The van der Waals surface area contributed by atoms with Crippen LogP contribution >= 0.6 is 0 Å². The van der Waals surface area contributed by atoms with Crippen LogP contribution in [0.5, 0.6) is 17.2 Å². The highest BCUT2D eigenvalue weighted by atomic mass is 32.2. The molecule has 0 aliphatic carbocycles. The Balaban J connectivity index is 1.90. The number of nitrogens with zero attached hydrogens (tertiary/aromatic N) is 2. The van der Waals surface area contributed by atoms with Gasteiger partial charge in [-0.2, -0.15) is 5.10 Å².